The average molecular weight is 1580 g/mol. The Labute approximate surface area is 664 Å². The normalized spacial score (nSPS) is 14.1. The van der Waals surface area contributed by atoms with Crippen LogP contribution in [-0.2, 0) is 65.4 Å². The third-order valence-electron chi connectivity index (χ3n) is 21.2. The van der Waals surface area contributed by atoms with Crippen LogP contribution in [0.5, 0.6) is 0 Å². The Morgan fingerprint density at radius 1 is 0.269 bits per heavy atom. The fourth-order valence-electron chi connectivity index (χ4n) is 13.9. The molecule has 17 nitrogen and oxygen atoms in total. The minimum atomic E-state index is -4.97. The van der Waals surface area contributed by atoms with Crippen molar-refractivity contribution in [2.24, 2.45) is 17.8 Å². The van der Waals surface area contributed by atoms with Gasteiger partial charge in [-0.2, -0.15) is 0 Å². The zero-order chi connectivity index (χ0) is 79.3. The van der Waals surface area contributed by atoms with Gasteiger partial charge in [0.15, 0.2) is 12.2 Å². The van der Waals surface area contributed by atoms with E-state index in [1.165, 1.54) is 283 Å². The topological polar surface area (TPSA) is 237 Å². The number of aliphatic hydroxyl groups is 1. The fraction of sp³-hybridized carbons (Fsp3) is 0.955. The molecule has 0 aliphatic heterocycles. The summed E-state index contributed by atoms with van der Waals surface area (Å²) < 4.78 is 69.0. The summed E-state index contributed by atoms with van der Waals surface area (Å²) in [4.78, 5) is 73.3. The second kappa shape index (κ2) is 78.9. The number of phosphoric ester groups is 2. The molecule has 0 bridgehead atoms. The van der Waals surface area contributed by atoms with Gasteiger partial charge in [-0.25, -0.2) is 9.13 Å². The van der Waals surface area contributed by atoms with E-state index in [4.69, 9.17) is 37.0 Å². The number of unbranched alkanes of at least 4 members (excludes halogenated alkanes) is 54. The van der Waals surface area contributed by atoms with Crippen LogP contribution in [0.15, 0.2) is 0 Å². The van der Waals surface area contributed by atoms with E-state index in [-0.39, 0.29) is 25.7 Å². The molecule has 0 radical (unpaired) electrons. The maximum absolute atomic E-state index is 13.2. The molecule has 0 saturated heterocycles. The number of rotatable bonds is 87. The molecule has 0 aliphatic rings. The van der Waals surface area contributed by atoms with Gasteiger partial charge in [0.05, 0.1) is 26.4 Å². The molecule has 0 heterocycles. The van der Waals surface area contributed by atoms with Crippen molar-refractivity contribution in [2.45, 2.75) is 491 Å². The summed E-state index contributed by atoms with van der Waals surface area (Å²) in [7, 11) is -9.93. The average Bonchev–Trinajstić information content (AvgIpc) is 0.900. The van der Waals surface area contributed by atoms with Gasteiger partial charge in [0, 0.05) is 25.7 Å². The molecule has 19 heteroatoms. The summed E-state index contributed by atoms with van der Waals surface area (Å²) in [6, 6.07) is 0. The van der Waals surface area contributed by atoms with Gasteiger partial charge < -0.3 is 33.8 Å². The molecule has 108 heavy (non-hydrogen) atoms. The molecule has 642 valence electrons. The molecule has 3 N–H and O–H groups in total. The molecule has 0 aromatic heterocycles. The molecule has 0 amide bonds. The number of phosphoric acid groups is 2. The SMILES string of the molecule is CCCCCCCCCCCCCC(=O)OC[C@H](COP(=O)(O)OC[C@H](O)COP(=O)(O)OC[C@@H](COC(=O)CCCCCCCCCCCCCCCCCCC(C)C)OC(=O)CCCCCCCCCCCCCCCCCCCCC(C)CC)OC(=O)CCCCCCCCCCCCCCCC(C)C. The Morgan fingerprint density at radius 3 is 0.704 bits per heavy atom. The van der Waals surface area contributed by atoms with Gasteiger partial charge in [-0.3, -0.25) is 37.3 Å². The second-order valence-corrected chi connectivity index (χ2v) is 36.1. The van der Waals surface area contributed by atoms with E-state index < -0.39 is 97.5 Å². The Bertz CT molecular complexity index is 2080. The molecule has 6 atom stereocenters. The molecular formula is C89H174O17P2. The highest BCUT2D eigenvalue weighted by atomic mass is 31.2. The minimum absolute atomic E-state index is 0.108. The number of esters is 4. The fourth-order valence-corrected chi connectivity index (χ4v) is 15.4. The first kappa shape index (κ1) is 106. The van der Waals surface area contributed by atoms with Crippen molar-refractivity contribution in [3.63, 3.8) is 0 Å². The molecule has 0 rings (SSSR count). The summed E-state index contributed by atoms with van der Waals surface area (Å²) in [5.41, 5.74) is 0. The van der Waals surface area contributed by atoms with E-state index in [1.807, 2.05) is 0 Å². The van der Waals surface area contributed by atoms with Gasteiger partial charge in [-0.15, -0.1) is 0 Å². The van der Waals surface area contributed by atoms with Crippen LogP contribution in [0.3, 0.4) is 0 Å². The summed E-state index contributed by atoms with van der Waals surface area (Å²) in [6.07, 6.45) is 70.7. The molecule has 0 fully saturated rings. The third-order valence-corrected chi connectivity index (χ3v) is 23.1. The van der Waals surface area contributed by atoms with Crippen LogP contribution < -0.4 is 0 Å². The molecule has 0 spiro atoms. The number of hydrogen-bond donors (Lipinski definition) is 3. The third kappa shape index (κ3) is 80.7. The Morgan fingerprint density at radius 2 is 0.472 bits per heavy atom. The molecule has 0 aromatic rings. The number of ether oxygens (including phenoxy) is 4. The van der Waals surface area contributed by atoms with Crippen molar-refractivity contribution in [3.8, 4) is 0 Å². The number of carbonyl (C=O) groups excluding carboxylic acids is 4. The Hall–Kier alpha value is -1.94. The largest absolute Gasteiger partial charge is 0.472 e. The number of carbonyl (C=O) groups is 4. The van der Waals surface area contributed by atoms with Crippen LogP contribution >= 0.6 is 15.6 Å². The molecular weight excluding hydrogens is 1400 g/mol. The molecule has 0 aliphatic carbocycles. The van der Waals surface area contributed by atoms with Crippen LogP contribution in [0.25, 0.3) is 0 Å². The first-order valence-electron chi connectivity index (χ1n) is 45.9. The van der Waals surface area contributed by atoms with Crippen LogP contribution in [-0.4, -0.2) is 96.7 Å². The smallest absolute Gasteiger partial charge is 0.462 e. The lowest BCUT2D eigenvalue weighted by Gasteiger charge is -2.21. The van der Waals surface area contributed by atoms with E-state index in [2.05, 4.69) is 48.5 Å². The minimum Gasteiger partial charge on any atom is -0.462 e. The quantitative estimate of drug-likeness (QED) is 0.0222. The van der Waals surface area contributed by atoms with Crippen molar-refractivity contribution in [3.05, 3.63) is 0 Å². The van der Waals surface area contributed by atoms with Gasteiger partial charge in [0.25, 0.3) is 0 Å². The molecule has 3 unspecified atom stereocenters. The van der Waals surface area contributed by atoms with Crippen LogP contribution in [0, 0.1) is 17.8 Å². The van der Waals surface area contributed by atoms with Gasteiger partial charge >= 0.3 is 39.5 Å². The predicted molar refractivity (Wildman–Crippen MR) is 446 cm³/mol. The molecule has 0 aromatic carbocycles. The van der Waals surface area contributed by atoms with Gasteiger partial charge in [0.2, 0.25) is 0 Å². The van der Waals surface area contributed by atoms with Gasteiger partial charge in [-0.1, -0.05) is 421 Å². The first-order valence-corrected chi connectivity index (χ1v) is 48.9. The summed E-state index contributed by atoms with van der Waals surface area (Å²) >= 11 is 0. The number of aliphatic hydroxyl groups excluding tert-OH is 1. The first-order chi connectivity index (χ1) is 52.3. The van der Waals surface area contributed by atoms with E-state index in [0.717, 1.165) is 108 Å². The second-order valence-electron chi connectivity index (χ2n) is 33.2. The van der Waals surface area contributed by atoms with Crippen molar-refractivity contribution < 1.29 is 80.2 Å². The summed E-state index contributed by atoms with van der Waals surface area (Å²) in [6.45, 7) is 12.1. The summed E-state index contributed by atoms with van der Waals surface area (Å²) in [5, 5.41) is 10.7. The van der Waals surface area contributed by atoms with E-state index in [9.17, 15) is 43.2 Å². The van der Waals surface area contributed by atoms with Crippen LogP contribution in [0.1, 0.15) is 472 Å². The lowest BCUT2D eigenvalue weighted by atomic mass is 9.99. The maximum atomic E-state index is 13.2. The number of hydrogen-bond acceptors (Lipinski definition) is 15. The maximum Gasteiger partial charge on any atom is 0.472 e. The van der Waals surface area contributed by atoms with Gasteiger partial charge in [-0.05, 0) is 43.4 Å². The van der Waals surface area contributed by atoms with E-state index in [1.54, 1.807) is 0 Å². The zero-order valence-corrected chi connectivity index (χ0v) is 73.1. The van der Waals surface area contributed by atoms with Crippen molar-refractivity contribution in [1.29, 1.82) is 0 Å². The Kier molecular flexibility index (Phi) is 77.5. The van der Waals surface area contributed by atoms with Crippen molar-refractivity contribution in [2.75, 3.05) is 39.6 Å². The zero-order valence-electron chi connectivity index (χ0n) is 71.3. The van der Waals surface area contributed by atoms with Gasteiger partial charge in [0.1, 0.15) is 19.3 Å². The highest BCUT2D eigenvalue weighted by Crippen LogP contribution is 2.45. The predicted octanol–water partition coefficient (Wildman–Crippen LogP) is 27.3. The standard InChI is InChI=1S/C89H174O17P2/c1-8-10-11-12-13-14-32-42-49-56-63-70-86(91)99-76-84(105-89(94)73-66-59-52-45-38-31-25-27-34-40-47-54-61-68-81(5)6)78-103-107(95,96)101-74-83(90)75-102-108(97,98)104-79-85(77-100-87(92)71-64-57-50-43-36-29-23-20-19-21-26-33-39-46-53-60-67-80(3)4)106-88(93)72-65-58-51-44-37-30-24-18-16-15-17-22-28-35-41-48-55-62-69-82(7)9-2/h80-85,90H,8-79H2,1-7H3,(H,95,96)(H,97,98)/t82?,83-,84+,85+/m0/s1. The highest BCUT2D eigenvalue weighted by Gasteiger charge is 2.31. The summed E-state index contributed by atoms with van der Waals surface area (Å²) in [5.74, 6) is 0.371. The lowest BCUT2D eigenvalue weighted by molar-refractivity contribution is -0.161. The van der Waals surface area contributed by atoms with Crippen LogP contribution in [0.4, 0.5) is 0 Å². The van der Waals surface area contributed by atoms with E-state index in [0.29, 0.717) is 25.7 Å². The monoisotopic (exact) mass is 1580 g/mol. The van der Waals surface area contributed by atoms with E-state index >= 15 is 0 Å². The lowest BCUT2D eigenvalue weighted by Crippen LogP contribution is -2.30. The molecule has 0 saturated carbocycles. The van der Waals surface area contributed by atoms with Crippen molar-refractivity contribution in [1.82, 2.24) is 0 Å². The highest BCUT2D eigenvalue weighted by molar-refractivity contribution is 7.47. The Balaban J connectivity index is 5.24. The van der Waals surface area contributed by atoms with Crippen molar-refractivity contribution >= 4 is 39.5 Å². The van der Waals surface area contributed by atoms with Crippen LogP contribution in [0.2, 0.25) is 0 Å².